The Bertz CT molecular complexity index is 2410. The lowest BCUT2D eigenvalue weighted by Gasteiger charge is -2.59. The normalized spacial score (nSPS) is 22.2. The lowest BCUT2D eigenvalue weighted by molar-refractivity contribution is -0.385. The van der Waals surface area contributed by atoms with Crippen molar-refractivity contribution in [1.82, 2.24) is 4.90 Å². The molecular weight excluding hydrogens is 869 g/mol. The highest BCUT2D eigenvalue weighted by Gasteiger charge is 2.65. The standard InChI is InChI=1S/C49H54N4O12S/c1-4-27-61-49-45(51(2)48(56)64-37-17-15-35(16-18-37)53(59)60)30-43(50-62-31-32-11-13-34(14-12-32)52(57)58)41-28-33(9-5-7-25-54)40(10-6-8-26-55)46(47(41)49)42-29-38(21-24-44(42)65-49)63-36-19-22-39(66-3)23-20-36/h4,11-24,28-29,33,40,45-47,54-55H,1,5-10,25-27,30-31H2,2-3H3. The first-order chi connectivity index (χ1) is 32.0. The van der Waals surface area contributed by atoms with E-state index in [0.717, 1.165) is 41.7 Å². The highest BCUT2D eigenvalue weighted by Crippen LogP contribution is 2.62. The fourth-order valence-electron chi connectivity index (χ4n) is 9.41. The van der Waals surface area contributed by atoms with Crippen LogP contribution in [0.25, 0.3) is 0 Å². The molecule has 1 heterocycles. The molecule has 0 spiro atoms. The number of amides is 1. The van der Waals surface area contributed by atoms with E-state index in [-0.39, 0.29) is 67.7 Å². The number of carbonyl (C=O) groups excluding carboxylic acids is 1. The van der Waals surface area contributed by atoms with Crippen molar-refractivity contribution in [3.05, 3.63) is 147 Å². The van der Waals surface area contributed by atoms with Crippen molar-refractivity contribution in [2.75, 3.05) is 33.1 Å². The largest absolute Gasteiger partial charge is 0.459 e. The Kier molecular flexibility index (Phi) is 15.8. The number of ether oxygens (including phenoxy) is 4. The summed E-state index contributed by atoms with van der Waals surface area (Å²) in [6.07, 6.45) is 9.27. The molecule has 66 heavy (non-hydrogen) atoms. The number of fused-ring (bicyclic) bond motifs is 2. The van der Waals surface area contributed by atoms with Crippen molar-refractivity contribution in [2.24, 2.45) is 22.9 Å². The average molecular weight is 923 g/mol. The second-order valence-electron chi connectivity index (χ2n) is 16.5. The van der Waals surface area contributed by atoms with Gasteiger partial charge in [0.1, 0.15) is 35.6 Å². The Labute approximate surface area is 387 Å². The molecule has 0 bridgehead atoms. The summed E-state index contributed by atoms with van der Waals surface area (Å²) in [6, 6.07) is 23.8. The lowest BCUT2D eigenvalue weighted by atomic mass is 9.55. The van der Waals surface area contributed by atoms with Crippen LogP contribution in [0.3, 0.4) is 0 Å². The third-order valence-corrected chi connectivity index (χ3v) is 13.2. The fourth-order valence-corrected chi connectivity index (χ4v) is 9.81. The minimum absolute atomic E-state index is 0.00859. The number of nitro groups is 2. The van der Waals surface area contributed by atoms with Gasteiger partial charge in [0.25, 0.3) is 11.4 Å². The van der Waals surface area contributed by atoms with Crippen molar-refractivity contribution in [3.8, 4) is 23.0 Å². The number of unbranched alkanes of at least 4 members (excludes halogenated alkanes) is 2. The number of nitrogens with zero attached hydrogens (tertiary/aromatic N) is 4. The van der Waals surface area contributed by atoms with Gasteiger partial charge in [-0.2, -0.15) is 0 Å². The first-order valence-corrected chi connectivity index (χ1v) is 23.2. The lowest BCUT2D eigenvalue weighted by Crippen LogP contribution is -2.69. The molecule has 7 rings (SSSR count). The Hall–Kier alpha value is -6.27. The second-order valence-corrected chi connectivity index (χ2v) is 17.4. The number of hydrogen-bond donors (Lipinski definition) is 2. The van der Waals surface area contributed by atoms with E-state index in [2.05, 4.69) is 12.7 Å². The summed E-state index contributed by atoms with van der Waals surface area (Å²) in [4.78, 5) is 44.6. The van der Waals surface area contributed by atoms with E-state index in [4.69, 9.17) is 28.9 Å². The maximum absolute atomic E-state index is 14.3. The van der Waals surface area contributed by atoms with Gasteiger partial charge in [-0.1, -0.05) is 30.1 Å². The minimum Gasteiger partial charge on any atom is -0.459 e. The van der Waals surface area contributed by atoms with Crippen LogP contribution < -0.4 is 14.2 Å². The number of likely N-dealkylation sites (N-methyl/N-ethyl adjacent to an activating group) is 1. The molecule has 0 saturated heterocycles. The van der Waals surface area contributed by atoms with Gasteiger partial charge in [-0.15, -0.1) is 18.3 Å². The zero-order chi connectivity index (χ0) is 46.8. The first-order valence-electron chi connectivity index (χ1n) is 21.9. The van der Waals surface area contributed by atoms with Crippen molar-refractivity contribution in [1.29, 1.82) is 0 Å². The van der Waals surface area contributed by atoms with E-state index in [1.807, 2.05) is 48.7 Å². The molecular formula is C49H54N4O12S. The molecule has 2 N–H and O–H groups in total. The predicted octanol–water partition coefficient (Wildman–Crippen LogP) is 9.98. The number of non-ortho nitro benzene ring substituents is 2. The summed E-state index contributed by atoms with van der Waals surface area (Å²) in [7, 11) is 1.58. The summed E-state index contributed by atoms with van der Waals surface area (Å²) < 4.78 is 26.5. The van der Waals surface area contributed by atoms with Gasteiger partial charge in [0, 0.05) is 67.3 Å². The van der Waals surface area contributed by atoms with Gasteiger partial charge in [0.05, 0.1) is 28.1 Å². The van der Waals surface area contributed by atoms with Crippen molar-refractivity contribution in [3.63, 3.8) is 0 Å². The molecule has 1 fully saturated rings. The molecule has 2 aliphatic carbocycles. The Balaban J connectivity index is 1.38. The molecule has 16 nitrogen and oxygen atoms in total. The zero-order valence-corrected chi connectivity index (χ0v) is 37.7. The summed E-state index contributed by atoms with van der Waals surface area (Å²) in [6.45, 7) is 4.08. The van der Waals surface area contributed by atoms with Crippen molar-refractivity contribution >= 4 is 34.9 Å². The molecule has 1 amide bonds. The molecule has 6 atom stereocenters. The van der Waals surface area contributed by atoms with Crippen LogP contribution in [0.4, 0.5) is 16.2 Å². The van der Waals surface area contributed by atoms with E-state index >= 15 is 0 Å². The smallest absolute Gasteiger partial charge is 0.415 e. The molecule has 348 valence electrons. The molecule has 1 saturated carbocycles. The molecule has 4 aromatic carbocycles. The number of nitro benzene ring substituents is 2. The molecule has 6 unspecified atom stereocenters. The molecule has 17 heteroatoms. The first kappa shape index (κ1) is 47.7. The predicted molar refractivity (Wildman–Crippen MR) is 248 cm³/mol. The van der Waals surface area contributed by atoms with E-state index in [1.165, 1.54) is 41.3 Å². The van der Waals surface area contributed by atoms with Crippen molar-refractivity contribution < 1.29 is 48.6 Å². The molecule has 1 aliphatic heterocycles. The zero-order valence-electron chi connectivity index (χ0n) is 36.9. The van der Waals surface area contributed by atoms with Gasteiger partial charge in [0.15, 0.2) is 0 Å². The van der Waals surface area contributed by atoms with Crippen LogP contribution in [0, 0.1) is 38.0 Å². The summed E-state index contributed by atoms with van der Waals surface area (Å²) in [5.41, 5.74) is 2.63. The summed E-state index contributed by atoms with van der Waals surface area (Å²) in [5, 5.41) is 47.4. The topological polar surface area (TPSA) is 206 Å². The Morgan fingerprint density at radius 1 is 0.909 bits per heavy atom. The quantitative estimate of drug-likeness (QED) is 0.0263. The number of rotatable bonds is 21. The SMILES string of the molecule is C=CCOC12Oc3ccc(Oc4ccc(SC)cc4)cc3C3C(CCCCO)C(CCCCO)C=C(C(=NOCc4ccc([N+](=O)[O-])cc4)CC1N(C)C(=O)Oc1ccc([N+](=O)[O-])cc1)C32. The molecule has 3 aliphatic rings. The number of carbonyl (C=O) groups is 1. The molecule has 4 aromatic rings. The summed E-state index contributed by atoms with van der Waals surface area (Å²) in [5.74, 6) is -0.732. The number of allylic oxidation sites excluding steroid dienone is 1. The fraction of sp³-hybridized carbons (Fsp3) is 0.388. The van der Waals surface area contributed by atoms with Crippen LogP contribution in [0.5, 0.6) is 23.0 Å². The summed E-state index contributed by atoms with van der Waals surface area (Å²) >= 11 is 1.63. The van der Waals surface area contributed by atoms with E-state index in [0.29, 0.717) is 41.4 Å². The van der Waals surface area contributed by atoms with Gasteiger partial charge in [-0.25, -0.2) is 4.79 Å². The maximum atomic E-state index is 14.3. The Morgan fingerprint density at radius 2 is 1.55 bits per heavy atom. The van der Waals surface area contributed by atoms with E-state index in [9.17, 15) is 35.2 Å². The van der Waals surface area contributed by atoms with Gasteiger partial charge < -0.3 is 38.9 Å². The second kappa shape index (κ2) is 21.8. The van der Waals surface area contributed by atoms with Crippen LogP contribution in [-0.4, -0.2) is 81.7 Å². The minimum atomic E-state index is -1.57. The van der Waals surface area contributed by atoms with Crippen LogP contribution in [0.15, 0.2) is 125 Å². The van der Waals surface area contributed by atoms with E-state index < -0.39 is 33.7 Å². The van der Waals surface area contributed by atoms with Crippen LogP contribution >= 0.6 is 11.8 Å². The van der Waals surface area contributed by atoms with Crippen LogP contribution in [0.1, 0.15) is 62.0 Å². The number of thioether (sulfide) groups is 1. The number of aliphatic hydroxyl groups is 2. The number of hydrogen-bond acceptors (Lipinski definition) is 14. The highest BCUT2D eigenvalue weighted by atomic mass is 32.2. The maximum Gasteiger partial charge on any atom is 0.415 e. The third-order valence-electron chi connectivity index (χ3n) is 12.5. The number of oxime groups is 1. The van der Waals surface area contributed by atoms with Gasteiger partial charge in [-0.3, -0.25) is 20.2 Å². The highest BCUT2D eigenvalue weighted by molar-refractivity contribution is 7.98. The number of benzene rings is 4. The Morgan fingerprint density at radius 3 is 2.18 bits per heavy atom. The van der Waals surface area contributed by atoms with Crippen LogP contribution in [0.2, 0.25) is 0 Å². The van der Waals surface area contributed by atoms with Crippen LogP contribution in [-0.2, 0) is 16.2 Å². The van der Waals surface area contributed by atoms with Crippen molar-refractivity contribution in [2.45, 2.75) is 74.2 Å². The monoisotopic (exact) mass is 922 g/mol. The average Bonchev–Trinajstić information content (AvgIpc) is 3.32. The molecule has 0 radical (unpaired) electrons. The van der Waals surface area contributed by atoms with Gasteiger partial charge >= 0.3 is 6.09 Å². The number of aliphatic hydroxyl groups excluding tert-OH is 2. The molecule has 0 aromatic heterocycles. The third kappa shape index (κ3) is 10.5. The van der Waals surface area contributed by atoms with Gasteiger partial charge in [-0.05, 0) is 122 Å². The van der Waals surface area contributed by atoms with Gasteiger partial charge in [0.2, 0.25) is 5.79 Å². The van der Waals surface area contributed by atoms with E-state index in [1.54, 1.807) is 37.0 Å².